The third-order valence-corrected chi connectivity index (χ3v) is 3.89. The first-order valence-corrected chi connectivity index (χ1v) is 6.11. The Kier molecular flexibility index (Phi) is 3.20. The molecule has 1 aliphatic rings. The third kappa shape index (κ3) is 2.07. The summed E-state index contributed by atoms with van der Waals surface area (Å²) in [5.41, 5.74) is 7.65. The van der Waals surface area contributed by atoms with Gasteiger partial charge in [0.25, 0.3) is 0 Å². The summed E-state index contributed by atoms with van der Waals surface area (Å²) in [5.74, 6) is 1.70. The van der Waals surface area contributed by atoms with Crippen LogP contribution in [0.25, 0.3) is 0 Å². The zero-order chi connectivity index (χ0) is 11.6. The molecule has 2 rings (SSSR count). The second kappa shape index (κ2) is 4.46. The number of rotatable bonds is 3. The molecule has 1 aliphatic carbocycles. The second-order valence-corrected chi connectivity index (χ2v) is 4.90. The fraction of sp³-hybridized carbons (Fsp3) is 0.571. The largest absolute Gasteiger partial charge is 0.497 e. The van der Waals surface area contributed by atoms with Gasteiger partial charge in [0.05, 0.1) is 7.11 Å². The molecule has 0 amide bonds. The van der Waals surface area contributed by atoms with E-state index in [4.69, 9.17) is 10.5 Å². The molecule has 0 radical (unpaired) electrons. The normalized spacial score (nSPS) is 29.3. The Morgan fingerprint density at radius 1 is 1.38 bits per heavy atom. The van der Waals surface area contributed by atoms with E-state index in [1.165, 1.54) is 18.4 Å². The van der Waals surface area contributed by atoms with E-state index in [2.05, 4.69) is 19.1 Å². The highest BCUT2D eigenvalue weighted by molar-refractivity contribution is 5.32. The van der Waals surface area contributed by atoms with Crippen molar-refractivity contribution in [2.24, 2.45) is 11.7 Å². The first-order valence-electron chi connectivity index (χ1n) is 6.11. The molecule has 1 aromatic carbocycles. The molecule has 0 aromatic heterocycles. The summed E-state index contributed by atoms with van der Waals surface area (Å²) >= 11 is 0. The molecule has 2 N–H and O–H groups in total. The molecule has 2 heteroatoms. The van der Waals surface area contributed by atoms with Crippen molar-refractivity contribution in [3.8, 4) is 5.75 Å². The molecule has 0 bridgehead atoms. The lowest BCUT2D eigenvalue weighted by Gasteiger charge is -2.25. The van der Waals surface area contributed by atoms with E-state index in [-0.39, 0.29) is 5.54 Å². The first-order chi connectivity index (χ1) is 7.68. The van der Waals surface area contributed by atoms with Crippen molar-refractivity contribution in [2.45, 2.75) is 38.1 Å². The smallest absolute Gasteiger partial charge is 0.118 e. The van der Waals surface area contributed by atoms with E-state index in [1.807, 2.05) is 12.1 Å². The van der Waals surface area contributed by atoms with Gasteiger partial charge in [0.2, 0.25) is 0 Å². The van der Waals surface area contributed by atoms with Crippen molar-refractivity contribution in [3.05, 3.63) is 29.8 Å². The van der Waals surface area contributed by atoms with E-state index < -0.39 is 0 Å². The highest BCUT2D eigenvalue weighted by Crippen LogP contribution is 2.41. The van der Waals surface area contributed by atoms with Gasteiger partial charge in [-0.3, -0.25) is 0 Å². The molecule has 2 atom stereocenters. The van der Waals surface area contributed by atoms with Crippen LogP contribution in [0.5, 0.6) is 5.75 Å². The average molecular weight is 219 g/mol. The summed E-state index contributed by atoms with van der Waals surface area (Å²) in [5, 5.41) is 0. The van der Waals surface area contributed by atoms with Crippen LogP contribution in [0.1, 0.15) is 38.2 Å². The van der Waals surface area contributed by atoms with Crippen LogP contribution in [-0.4, -0.2) is 7.11 Å². The number of ether oxygens (including phenoxy) is 1. The molecule has 2 unspecified atom stereocenters. The van der Waals surface area contributed by atoms with Gasteiger partial charge in [0.15, 0.2) is 0 Å². The number of methoxy groups -OCH3 is 1. The van der Waals surface area contributed by atoms with Gasteiger partial charge >= 0.3 is 0 Å². The number of nitrogens with two attached hydrogens (primary N) is 1. The van der Waals surface area contributed by atoms with Gasteiger partial charge in [-0.2, -0.15) is 0 Å². The number of benzene rings is 1. The minimum absolute atomic E-state index is 0.104. The van der Waals surface area contributed by atoms with Gasteiger partial charge in [0.1, 0.15) is 5.75 Å². The van der Waals surface area contributed by atoms with E-state index in [0.717, 1.165) is 24.5 Å². The predicted octanol–water partition coefficient (Wildman–Crippen LogP) is 3.06. The van der Waals surface area contributed by atoms with Gasteiger partial charge in [-0.1, -0.05) is 25.5 Å². The number of hydrogen-bond donors (Lipinski definition) is 1. The monoisotopic (exact) mass is 219 g/mol. The number of hydrogen-bond acceptors (Lipinski definition) is 2. The van der Waals surface area contributed by atoms with Crippen molar-refractivity contribution in [2.75, 3.05) is 7.11 Å². The maximum absolute atomic E-state index is 6.50. The standard InChI is InChI=1S/C14H21NO/c1-3-11-8-9-14(15,10-11)12-4-6-13(16-2)7-5-12/h4-7,11H,3,8-10,15H2,1-2H3. The minimum atomic E-state index is -0.104. The quantitative estimate of drug-likeness (QED) is 0.848. The molecule has 0 spiro atoms. The molecule has 0 saturated heterocycles. The van der Waals surface area contributed by atoms with Crippen molar-refractivity contribution >= 4 is 0 Å². The van der Waals surface area contributed by atoms with E-state index in [9.17, 15) is 0 Å². The Bertz CT molecular complexity index is 346. The van der Waals surface area contributed by atoms with Crippen LogP contribution in [0.15, 0.2) is 24.3 Å². The van der Waals surface area contributed by atoms with Crippen LogP contribution >= 0.6 is 0 Å². The van der Waals surface area contributed by atoms with Crippen molar-refractivity contribution in [1.82, 2.24) is 0 Å². The SMILES string of the molecule is CCC1CCC(N)(c2ccc(OC)cc2)C1. The summed E-state index contributed by atoms with van der Waals surface area (Å²) < 4.78 is 5.17. The molecule has 2 nitrogen and oxygen atoms in total. The Labute approximate surface area is 97.8 Å². The average Bonchev–Trinajstić information content (AvgIpc) is 2.73. The van der Waals surface area contributed by atoms with Gasteiger partial charge in [0, 0.05) is 5.54 Å². The Morgan fingerprint density at radius 2 is 2.06 bits per heavy atom. The molecular formula is C14H21NO. The highest BCUT2D eigenvalue weighted by Gasteiger charge is 2.36. The van der Waals surface area contributed by atoms with E-state index in [1.54, 1.807) is 7.11 Å². The molecule has 16 heavy (non-hydrogen) atoms. The molecule has 88 valence electrons. The molecule has 1 fully saturated rings. The van der Waals surface area contributed by atoms with E-state index >= 15 is 0 Å². The van der Waals surface area contributed by atoms with Crippen molar-refractivity contribution in [3.63, 3.8) is 0 Å². The molecule has 0 heterocycles. The van der Waals surface area contributed by atoms with Crippen LogP contribution in [0.2, 0.25) is 0 Å². The zero-order valence-corrected chi connectivity index (χ0v) is 10.2. The highest BCUT2D eigenvalue weighted by atomic mass is 16.5. The van der Waals surface area contributed by atoms with Gasteiger partial charge in [-0.05, 0) is 42.9 Å². The first kappa shape index (κ1) is 11.5. The Hall–Kier alpha value is -1.02. The van der Waals surface area contributed by atoms with Gasteiger partial charge in [-0.15, -0.1) is 0 Å². The summed E-state index contributed by atoms with van der Waals surface area (Å²) in [6, 6.07) is 8.22. The Balaban J connectivity index is 2.17. The third-order valence-electron chi connectivity index (χ3n) is 3.89. The van der Waals surface area contributed by atoms with Crippen LogP contribution in [0.3, 0.4) is 0 Å². The maximum Gasteiger partial charge on any atom is 0.118 e. The van der Waals surface area contributed by atoms with E-state index in [0.29, 0.717) is 0 Å². The fourth-order valence-electron chi connectivity index (χ4n) is 2.71. The lowest BCUT2D eigenvalue weighted by Crippen LogP contribution is -2.33. The van der Waals surface area contributed by atoms with Crippen molar-refractivity contribution < 1.29 is 4.74 Å². The van der Waals surface area contributed by atoms with Gasteiger partial charge in [-0.25, -0.2) is 0 Å². The summed E-state index contributed by atoms with van der Waals surface area (Å²) in [6.45, 7) is 2.25. The molecule has 0 aliphatic heterocycles. The lowest BCUT2D eigenvalue weighted by molar-refractivity contribution is 0.409. The summed E-state index contributed by atoms with van der Waals surface area (Å²) in [4.78, 5) is 0. The molecule has 1 saturated carbocycles. The molecule has 1 aromatic rings. The van der Waals surface area contributed by atoms with Crippen LogP contribution < -0.4 is 10.5 Å². The summed E-state index contributed by atoms with van der Waals surface area (Å²) in [6.07, 6.45) is 4.74. The lowest BCUT2D eigenvalue weighted by atomic mass is 9.88. The van der Waals surface area contributed by atoms with Crippen LogP contribution in [0.4, 0.5) is 0 Å². The molecular weight excluding hydrogens is 198 g/mol. The minimum Gasteiger partial charge on any atom is -0.497 e. The fourth-order valence-corrected chi connectivity index (χ4v) is 2.71. The van der Waals surface area contributed by atoms with Crippen LogP contribution in [-0.2, 0) is 5.54 Å². The zero-order valence-electron chi connectivity index (χ0n) is 10.2. The summed E-state index contributed by atoms with van der Waals surface area (Å²) in [7, 11) is 1.69. The second-order valence-electron chi connectivity index (χ2n) is 4.90. The Morgan fingerprint density at radius 3 is 2.56 bits per heavy atom. The predicted molar refractivity (Wildman–Crippen MR) is 66.5 cm³/mol. The van der Waals surface area contributed by atoms with Gasteiger partial charge < -0.3 is 10.5 Å². The topological polar surface area (TPSA) is 35.2 Å². The maximum atomic E-state index is 6.50. The van der Waals surface area contributed by atoms with Crippen molar-refractivity contribution in [1.29, 1.82) is 0 Å². The van der Waals surface area contributed by atoms with Crippen LogP contribution in [0, 0.1) is 5.92 Å².